The number of hydrogen-bond acceptors (Lipinski definition) is 4. The molecule has 2 atom stereocenters. The third-order valence-corrected chi connectivity index (χ3v) is 8.41. The Balaban J connectivity index is 1.70. The first kappa shape index (κ1) is 26.1. The number of piperidine rings is 1. The van der Waals surface area contributed by atoms with Gasteiger partial charge in [0.25, 0.3) is 5.91 Å². The van der Waals surface area contributed by atoms with E-state index in [1.807, 2.05) is 41.3 Å². The summed E-state index contributed by atoms with van der Waals surface area (Å²) in [7, 11) is 1.66. The Labute approximate surface area is 227 Å². The molecule has 2 unspecified atom stereocenters. The molecule has 2 fully saturated rings. The van der Waals surface area contributed by atoms with Crippen molar-refractivity contribution in [2.24, 2.45) is 5.92 Å². The summed E-state index contributed by atoms with van der Waals surface area (Å²) < 4.78 is 5.87. The van der Waals surface area contributed by atoms with Crippen LogP contribution < -0.4 is 4.90 Å². The summed E-state index contributed by atoms with van der Waals surface area (Å²) in [4.78, 5) is 30.8. The van der Waals surface area contributed by atoms with E-state index in [4.69, 9.17) is 27.9 Å². The van der Waals surface area contributed by atoms with Crippen LogP contribution in [0.5, 0.6) is 0 Å². The van der Waals surface area contributed by atoms with Crippen LogP contribution >= 0.6 is 53.3 Å². The molecule has 4 rings (SSSR count). The molecule has 1 aliphatic carbocycles. The molecule has 1 saturated carbocycles. The number of ether oxygens (including phenoxy) is 1. The van der Waals surface area contributed by atoms with Gasteiger partial charge in [-0.05, 0) is 82.3 Å². The van der Waals surface area contributed by atoms with Gasteiger partial charge in [0.05, 0.1) is 6.61 Å². The van der Waals surface area contributed by atoms with Gasteiger partial charge in [0.15, 0.2) is 0 Å². The highest BCUT2D eigenvalue weighted by Gasteiger charge is 2.45. The molecule has 2 aromatic rings. The fraction of sp³-hybridized carbons (Fsp3) is 0.440. The minimum absolute atomic E-state index is 0.0387. The average molecular weight is 633 g/mol. The molecule has 5 nitrogen and oxygen atoms in total. The third-order valence-electron chi connectivity index (χ3n) is 6.30. The lowest BCUT2D eigenvalue weighted by atomic mass is 9.82. The summed E-state index contributed by atoms with van der Waals surface area (Å²) in [6, 6.07) is 14.2. The monoisotopic (exact) mass is 632 g/mol. The van der Waals surface area contributed by atoms with Gasteiger partial charge in [-0.3, -0.25) is 14.5 Å². The van der Waals surface area contributed by atoms with E-state index < -0.39 is 6.04 Å². The van der Waals surface area contributed by atoms with Gasteiger partial charge in [0.2, 0.25) is 5.91 Å². The van der Waals surface area contributed by atoms with Crippen molar-refractivity contribution in [3.05, 3.63) is 64.1 Å². The minimum atomic E-state index is -0.623. The minimum Gasteiger partial charge on any atom is -0.360 e. The summed E-state index contributed by atoms with van der Waals surface area (Å²) in [6.45, 7) is 1.23. The number of rotatable bonds is 10. The molecule has 182 valence electrons. The maximum atomic E-state index is 14.3. The Morgan fingerprint density at radius 2 is 1.85 bits per heavy atom. The number of nitrogens with zero attached hydrogens (tertiary/aromatic N) is 2. The van der Waals surface area contributed by atoms with Crippen molar-refractivity contribution < 1.29 is 14.3 Å². The number of carbonyl (C=O) groups is 2. The summed E-state index contributed by atoms with van der Waals surface area (Å²) in [5.74, 6) is 1.03. The van der Waals surface area contributed by atoms with Gasteiger partial charge < -0.3 is 9.64 Å². The van der Waals surface area contributed by atoms with E-state index in [1.54, 1.807) is 26.0 Å². The number of anilines is 1. The summed E-state index contributed by atoms with van der Waals surface area (Å²) >= 11 is 14.8. The molecule has 0 radical (unpaired) electrons. The average Bonchev–Trinajstić information content (AvgIpc) is 3.64. The zero-order valence-corrected chi connectivity index (χ0v) is 23.2. The van der Waals surface area contributed by atoms with Crippen LogP contribution in [0, 0.1) is 5.92 Å². The second-order valence-electron chi connectivity index (χ2n) is 8.73. The lowest BCUT2D eigenvalue weighted by Gasteiger charge is -2.42. The molecule has 1 aliphatic heterocycles. The summed E-state index contributed by atoms with van der Waals surface area (Å²) in [5, 5.41) is 1.17. The van der Waals surface area contributed by atoms with Crippen LogP contribution in [0.25, 0.3) is 0 Å². The molecule has 0 N–H and O–H groups in total. The van der Waals surface area contributed by atoms with E-state index in [9.17, 15) is 9.59 Å². The normalized spacial score (nSPS) is 20.4. The first-order valence-corrected chi connectivity index (χ1v) is 15.7. The van der Waals surface area contributed by atoms with E-state index in [0.29, 0.717) is 47.6 Å². The molecular weight excluding hydrogens is 606 g/mol. The van der Waals surface area contributed by atoms with Crippen LogP contribution in [-0.4, -0.2) is 48.4 Å². The number of carbonyl (C=O) groups excluding carboxylic acids is 2. The van der Waals surface area contributed by atoms with Gasteiger partial charge in [0.1, 0.15) is 12.8 Å². The third kappa shape index (κ3) is 6.60. The molecule has 9 heteroatoms. The zero-order valence-electron chi connectivity index (χ0n) is 18.7. The van der Waals surface area contributed by atoms with Crippen LogP contribution in [0.4, 0.5) is 5.69 Å². The number of amides is 2. The van der Waals surface area contributed by atoms with E-state index >= 15 is 0 Å². The van der Waals surface area contributed by atoms with Gasteiger partial charge in [-0.1, -0.05) is 50.3 Å². The van der Waals surface area contributed by atoms with Crippen molar-refractivity contribution in [1.29, 1.82) is 0 Å². The Morgan fingerprint density at radius 1 is 1.12 bits per heavy atom. The Bertz CT molecular complexity index is 1020. The predicted molar refractivity (Wildman–Crippen MR) is 148 cm³/mol. The quantitative estimate of drug-likeness (QED) is 0.169. The van der Waals surface area contributed by atoms with Crippen molar-refractivity contribution in [2.75, 3.05) is 30.5 Å². The van der Waals surface area contributed by atoms with Gasteiger partial charge in [-0.2, -0.15) is 0 Å². The first-order chi connectivity index (χ1) is 16.5. The van der Waals surface area contributed by atoms with Crippen molar-refractivity contribution in [1.82, 2.24) is 4.90 Å². The number of benzene rings is 2. The second kappa shape index (κ2) is 12.3. The smallest absolute Gasteiger partial charge is 0.252 e. The number of hydrogen-bond donors (Lipinski definition) is 0. The molecular formula is C25H27Cl2IN2O3S. The lowest BCUT2D eigenvalue weighted by molar-refractivity contribution is -0.144. The van der Waals surface area contributed by atoms with Gasteiger partial charge in [-0.25, -0.2) is 0 Å². The predicted octanol–water partition coefficient (Wildman–Crippen LogP) is 6.57. The van der Waals surface area contributed by atoms with Crippen LogP contribution in [-0.2, 0) is 14.3 Å². The molecule has 34 heavy (non-hydrogen) atoms. The maximum Gasteiger partial charge on any atom is 0.252 e. The Morgan fingerprint density at radius 3 is 2.53 bits per heavy atom. The van der Waals surface area contributed by atoms with Gasteiger partial charge in [-0.15, -0.1) is 0 Å². The summed E-state index contributed by atoms with van der Waals surface area (Å²) in [6.07, 6.45) is 3.23. The van der Waals surface area contributed by atoms with Crippen molar-refractivity contribution >= 4 is 70.8 Å². The molecule has 1 saturated heterocycles. The highest BCUT2D eigenvalue weighted by molar-refractivity contribution is 14.2. The SMILES string of the molecule is O=C(C1C(c2cccc(Cl)c2)CCC(=O)N1CC1CC1)N(COCCSI)c1cccc(Cl)c1. The molecule has 1 heterocycles. The molecule has 2 aliphatic rings. The Kier molecular flexibility index (Phi) is 9.43. The zero-order chi connectivity index (χ0) is 24.1. The second-order valence-corrected chi connectivity index (χ2v) is 12.1. The maximum absolute atomic E-state index is 14.3. The molecule has 0 bridgehead atoms. The lowest BCUT2D eigenvalue weighted by Crippen LogP contribution is -2.57. The first-order valence-electron chi connectivity index (χ1n) is 11.4. The topological polar surface area (TPSA) is 49.9 Å². The van der Waals surface area contributed by atoms with Gasteiger partial charge >= 0.3 is 0 Å². The van der Waals surface area contributed by atoms with E-state index in [-0.39, 0.29) is 24.5 Å². The standard InChI is InChI=1S/C25H27Cl2IN2O3S/c26-19-4-1-3-18(13-19)22-9-10-23(31)29(15-17-7-8-17)24(22)25(32)30(16-33-11-12-34-28)21-6-2-5-20(27)14-21/h1-6,13-14,17,22,24H,7-12,15-16H2. The highest BCUT2D eigenvalue weighted by atomic mass is 127. The fourth-order valence-corrected chi connectivity index (χ4v) is 5.56. The Hall–Kier alpha value is -1.00. The van der Waals surface area contributed by atoms with Crippen LogP contribution in [0.15, 0.2) is 48.5 Å². The van der Waals surface area contributed by atoms with Crippen molar-refractivity contribution in [2.45, 2.75) is 37.6 Å². The number of likely N-dealkylation sites (tertiary alicyclic amines) is 1. The molecule has 0 aromatic heterocycles. The van der Waals surface area contributed by atoms with Crippen LogP contribution in [0.1, 0.15) is 37.2 Å². The molecule has 2 amide bonds. The van der Waals surface area contributed by atoms with E-state index in [2.05, 4.69) is 21.2 Å². The van der Waals surface area contributed by atoms with E-state index in [0.717, 1.165) is 24.2 Å². The van der Waals surface area contributed by atoms with Crippen molar-refractivity contribution in [3.63, 3.8) is 0 Å². The summed E-state index contributed by atoms with van der Waals surface area (Å²) in [5.41, 5.74) is 1.64. The number of halogens is 3. The fourth-order valence-electron chi connectivity index (χ4n) is 4.45. The van der Waals surface area contributed by atoms with E-state index in [1.165, 1.54) is 0 Å². The molecule has 2 aromatic carbocycles. The van der Waals surface area contributed by atoms with Crippen LogP contribution in [0.3, 0.4) is 0 Å². The van der Waals surface area contributed by atoms with Gasteiger partial charge in [0, 0.05) is 40.4 Å². The molecule has 0 spiro atoms. The van der Waals surface area contributed by atoms with Crippen molar-refractivity contribution in [3.8, 4) is 0 Å². The highest BCUT2D eigenvalue weighted by Crippen LogP contribution is 2.39. The largest absolute Gasteiger partial charge is 0.360 e. The van der Waals surface area contributed by atoms with Crippen LogP contribution in [0.2, 0.25) is 10.0 Å².